The minimum atomic E-state index is -0.137. The van der Waals surface area contributed by atoms with Gasteiger partial charge in [0.2, 0.25) is 0 Å². The molecule has 3 aromatic rings. The number of nitrogens with one attached hydrogen (secondary N) is 1. The molecule has 1 N–H and O–H groups in total. The molecule has 0 aliphatic heterocycles. The summed E-state index contributed by atoms with van der Waals surface area (Å²) in [4.78, 5) is 12.0. The number of fused-ring (bicyclic) bond motifs is 1. The first-order valence-corrected chi connectivity index (χ1v) is 8.07. The van der Waals surface area contributed by atoms with Crippen LogP contribution in [0.4, 0.5) is 0 Å². The Morgan fingerprint density at radius 3 is 2.71 bits per heavy atom. The zero-order chi connectivity index (χ0) is 16.9. The number of amides is 1. The Kier molecular flexibility index (Phi) is 4.85. The number of rotatable bonds is 6. The molecule has 1 atom stereocenters. The van der Waals surface area contributed by atoms with Gasteiger partial charge in [0.05, 0.1) is 0 Å². The zero-order valence-electron chi connectivity index (χ0n) is 13.9. The van der Waals surface area contributed by atoms with E-state index in [0.29, 0.717) is 6.42 Å². The van der Waals surface area contributed by atoms with Crippen LogP contribution >= 0.6 is 0 Å². The van der Waals surface area contributed by atoms with Crippen molar-refractivity contribution >= 4 is 16.9 Å². The highest BCUT2D eigenvalue weighted by Crippen LogP contribution is 2.20. The smallest absolute Gasteiger partial charge is 0.258 e. The lowest BCUT2D eigenvalue weighted by molar-refractivity contribution is -0.123. The van der Waals surface area contributed by atoms with Gasteiger partial charge in [0.25, 0.3) is 5.91 Å². The summed E-state index contributed by atoms with van der Waals surface area (Å²) < 4.78 is 11.3. The van der Waals surface area contributed by atoms with Crippen LogP contribution in [0.1, 0.15) is 18.2 Å². The van der Waals surface area contributed by atoms with Crippen molar-refractivity contribution in [1.82, 2.24) is 5.32 Å². The first kappa shape index (κ1) is 16.1. The number of para-hydroxylation sites is 2. The zero-order valence-corrected chi connectivity index (χ0v) is 13.9. The molecule has 3 rings (SSSR count). The first-order chi connectivity index (χ1) is 11.6. The summed E-state index contributed by atoms with van der Waals surface area (Å²) in [5.74, 6) is 1.46. The van der Waals surface area contributed by atoms with Crippen LogP contribution in [-0.2, 0) is 11.2 Å². The van der Waals surface area contributed by atoms with Gasteiger partial charge in [-0.3, -0.25) is 4.79 Å². The second-order valence-electron chi connectivity index (χ2n) is 5.98. The van der Waals surface area contributed by atoms with E-state index in [0.717, 1.165) is 28.0 Å². The quantitative estimate of drug-likeness (QED) is 0.749. The summed E-state index contributed by atoms with van der Waals surface area (Å²) in [6.45, 7) is 3.92. The van der Waals surface area contributed by atoms with Gasteiger partial charge in [-0.2, -0.15) is 0 Å². The molecule has 0 aliphatic rings. The summed E-state index contributed by atoms with van der Waals surface area (Å²) in [6.07, 6.45) is 0.644. The van der Waals surface area contributed by atoms with Crippen molar-refractivity contribution in [3.05, 3.63) is 65.9 Å². The van der Waals surface area contributed by atoms with Gasteiger partial charge in [0, 0.05) is 17.8 Å². The van der Waals surface area contributed by atoms with Gasteiger partial charge in [-0.15, -0.1) is 0 Å². The molecule has 1 unspecified atom stereocenters. The first-order valence-electron chi connectivity index (χ1n) is 8.07. The Morgan fingerprint density at radius 1 is 1.17 bits per heavy atom. The molecule has 24 heavy (non-hydrogen) atoms. The largest absolute Gasteiger partial charge is 0.484 e. The second-order valence-corrected chi connectivity index (χ2v) is 5.98. The van der Waals surface area contributed by atoms with E-state index in [4.69, 9.17) is 9.15 Å². The number of carbonyl (C=O) groups excluding carboxylic acids is 1. The van der Waals surface area contributed by atoms with Gasteiger partial charge in [0.1, 0.15) is 17.1 Å². The maximum Gasteiger partial charge on any atom is 0.258 e. The number of ether oxygens (including phenoxy) is 1. The molecule has 1 amide bonds. The molecule has 0 fully saturated rings. The molecule has 1 aromatic heterocycles. The number of furan rings is 1. The van der Waals surface area contributed by atoms with Crippen molar-refractivity contribution in [2.24, 2.45) is 0 Å². The summed E-state index contributed by atoms with van der Waals surface area (Å²) in [6, 6.07) is 17.5. The average Bonchev–Trinajstić information content (AvgIpc) is 2.96. The predicted octanol–water partition coefficient (Wildman–Crippen LogP) is 3.87. The fourth-order valence-corrected chi connectivity index (χ4v) is 2.67. The number of benzene rings is 2. The fraction of sp³-hybridized carbons (Fsp3) is 0.250. The Bertz CT molecular complexity index is 805. The van der Waals surface area contributed by atoms with Gasteiger partial charge < -0.3 is 14.5 Å². The highest BCUT2D eigenvalue weighted by Gasteiger charge is 2.12. The number of carbonyl (C=O) groups is 1. The van der Waals surface area contributed by atoms with Crippen molar-refractivity contribution in [3.63, 3.8) is 0 Å². The number of aryl methyl sites for hydroxylation is 1. The molecular weight excluding hydrogens is 302 g/mol. The van der Waals surface area contributed by atoms with Crippen LogP contribution in [0, 0.1) is 6.92 Å². The van der Waals surface area contributed by atoms with Crippen molar-refractivity contribution in [2.45, 2.75) is 26.3 Å². The maximum absolute atomic E-state index is 12.0. The van der Waals surface area contributed by atoms with Gasteiger partial charge in [-0.1, -0.05) is 36.4 Å². The summed E-state index contributed by atoms with van der Waals surface area (Å²) in [5.41, 5.74) is 1.88. The minimum Gasteiger partial charge on any atom is -0.484 e. The van der Waals surface area contributed by atoms with Crippen LogP contribution in [0.15, 0.2) is 59.0 Å². The van der Waals surface area contributed by atoms with Crippen LogP contribution in [-0.4, -0.2) is 18.6 Å². The van der Waals surface area contributed by atoms with E-state index < -0.39 is 0 Å². The Hall–Kier alpha value is -2.75. The molecule has 124 valence electrons. The van der Waals surface area contributed by atoms with Crippen molar-refractivity contribution in [3.8, 4) is 5.75 Å². The molecule has 4 nitrogen and oxygen atoms in total. The van der Waals surface area contributed by atoms with Crippen LogP contribution in [0.3, 0.4) is 0 Å². The standard InChI is InChI=1S/C20H21NO3/c1-14-7-3-5-9-18(14)23-13-20(22)21-15(2)11-17-12-16-8-4-6-10-19(16)24-17/h3-10,12,15H,11,13H2,1-2H3,(H,21,22). The van der Waals surface area contributed by atoms with Crippen molar-refractivity contribution < 1.29 is 13.9 Å². The molecule has 0 bridgehead atoms. The molecule has 2 aromatic carbocycles. The van der Waals surface area contributed by atoms with Crippen LogP contribution in [0.5, 0.6) is 5.75 Å². The van der Waals surface area contributed by atoms with Gasteiger partial charge in [-0.05, 0) is 37.6 Å². The lowest BCUT2D eigenvalue weighted by atomic mass is 10.2. The second kappa shape index (κ2) is 7.21. The van der Waals surface area contributed by atoms with E-state index in [1.54, 1.807) is 0 Å². The van der Waals surface area contributed by atoms with E-state index in [2.05, 4.69) is 5.32 Å². The third-order valence-electron chi connectivity index (χ3n) is 3.84. The SMILES string of the molecule is Cc1ccccc1OCC(=O)NC(C)Cc1cc2ccccc2o1. The molecule has 4 heteroatoms. The van der Waals surface area contributed by atoms with E-state index in [1.165, 1.54) is 0 Å². The van der Waals surface area contributed by atoms with E-state index >= 15 is 0 Å². The molecule has 0 aliphatic carbocycles. The van der Waals surface area contributed by atoms with Crippen molar-refractivity contribution in [1.29, 1.82) is 0 Å². The Balaban J connectivity index is 1.51. The van der Waals surface area contributed by atoms with Crippen LogP contribution in [0.25, 0.3) is 11.0 Å². The molecule has 1 heterocycles. The number of hydrogen-bond acceptors (Lipinski definition) is 3. The maximum atomic E-state index is 12.0. The fourth-order valence-electron chi connectivity index (χ4n) is 2.67. The molecule has 0 saturated heterocycles. The van der Waals surface area contributed by atoms with Gasteiger partial charge in [0.15, 0.2) is 6.61 Å². The molecule has 0 spiro atoms. The number of hydrogen-bond donors (Lipinski definition) is 1. The van der Waals surface area contributed by atoms with Crippen LogP contribution < -0.4 is 10.1 Å². The van der Waals surface area contributed by atoms with E-state index in [9.17, 15) is 4.79 Å². The lowest BCUT2D eigenvalue weighted by Gasteiger charge is -2.13. The monoisotopic (exact) mass is 323 g/mol. The average molecular weight is 323 g/mol. The van der Waals surface area contributed by atoms with E-state index in [-0.39, 0.29) is 18.6 Å². The highest BCUT2D eigenvalue weighted by molar-refractivity contribution is 5.78. The Morgan fingerprint density at radius 2 is 1.92 bits per heavy atom. The minimum absolute atomic E-state index is 0.00925. The van der Waals surface area contributed by atoms with Gasteiger partial charge in [-0.25, -0.2) is 0 Å². The van der Waals surface area contributed by atoms with E-state index in [1.807, 2.05) is 68.4 Å². The Labute approximate surface area is 141 Å². The predicted molar refractivity (Wildman–Crippen MR) is 94.2 cm³/mol. The van der Waals surface area contributed by atoms with Gasteiger partial charge >= 0.3 is 0 Å². The molecular formula is C20H21NO3. The van der Waals surface area contributed by atoms with Crippen molar-refractivity contribution in [2.75, 3.05) is 6.61 Å². The lowest BCUT2D eigenvalue weighted by Crippen LogP contribution is -2.37. The third kappa shape index (κ3) is 3.96. The summed E-state index contributed by atoms with van der Waals surface area (Å²) in [5, 5.41) is 4.02. The molecule has 0 saturated carbocycles. The topological polar surface area (TPSA) is 51.5 Å². The third-order valence-corrected chi connectivity index (χ3v) is 3.84. The molecule has 0 radical (unpaired) electrons. The summed E-state index contributed by atoms with van der Waals surface area (Å²) in [7, 11) is 0. The normalized spacial score (nSPS) is 12.1. The highest BCUT2D eigenvalue weighted by atomic mass is 16.5. The van der Waals surface area contributed by atoms with Crippen LogP contribution in [0.2, 0.25) is 0 Å². The summed E-state index contributed by atoms with van der Waals surface area (Å²) >= 11 is 0.